The molecule has 80 valence electrons. The van der Waals surface area contributed by atoms with Crippen LogP contribution in [0.4, 0.5) is 5.69 Å². The van der Waals surface area contributed by atoms with Crippen molar-refractivity contribution < 1.29 is 4.92 Å². The van der Waals surface area contributed by atoms with Gasteiger partial charge in [0.05, 0.1) is 4.92 Å². The van der Waals surface area contributed by atoms with E-state index in [1.165, 1.54) is 12.1 Å². The van der Waals surface area contributed by atoms with E-state index in [1.54, 1.807) is 12.1 Å². The number of hydrogen-bond donors (Lipinski definition) is 0. The maximum Gasteiger partial charge on any atom is 0.269 e. The van der Waals surface area contributed by atoms with Gasteiger partial charge in [-0.2, -0.15) is 0 Å². The molecule has 0 N–H and O–H groups in total. The lowest BCUT2D eigenvalue weighted by Gasteiger charge is -1.96. The van der Waals surface area contributed by atoms with Gasteiger partial charge in [-0.1, -0.05) is 36.5 Å². The van der Waals surface area contributed by atoms with Crippen molar-refractivity contribution in [3.05, 3.63) is 70.3 Å². The number of rotatable bonds is 3. The Morgan fingerprint density at radius 3 is 2.31 bits per heavy atom. The van der Waals surface area contributed by atoms with E-state index >= 15 is 0 Å². The molecule has 3 heteroatoms. The van der Waals surface area contributed by atoms with Crippen molar-refractivity contribution in [2.75, 3.05) is 0 Å². The molecular weight excluding hydrogens is 202 g/mol. The van der Waals surface area contributed by atoms with Crippen LogP contribution in [0.1, 0.15) is 5.56 Å². The summed E-state index contributed by atoms with van der Waals surface area (Å²) in [6.45, 7) is 0. The maximum absolute atomic E-state index is 10.4. The average molecular weight is 213 g/mol. The Balaban J connectivity index is 2.07. The van der Waals surface area contributed by atoms with Crippen LogP contribution in [0.3, 0.4) is 0 Å². The van der Waals surface area contributed by atoms with Crippen LogP contribution >= 0.6 is 0 Å². The number of nitrogens with zero attached hydrogens (tertiary/aromatic N) is 1. The van der Waals surface area contributed by atoms with E-state index in [4.69, 9.17) is 0 Å². The number of nitro benzene ring substituents is 1. The molecule has 1 aromatic carbocycles. The normalized spacial score (nSPS) is 15.0. The number of benzene rings is 1. The largest absolute Gasteiger partial charge is 0.269 e. The first kappa shape index (κ1) is 10.4. The summed E-state index contributed by atoms with van der Waals surface area (Å²) in [7, 11) is 0. The summed E-state index contributed by atoms with van der Waals surface area (Å²) in [4.78, 5) is 10.1. The minimum absolute atomic E-state index is 0.123. The van der Waals surface area contributed by atoms with E-state index in [0.717, 1.165) is 5.56 Å². The highest BCUT2D eigenvalue weighted by molar-refractivity contribution is 5.53. The van der Waals surface area contributed by atoms with Gasteiger partial charge in [0.2, 0.25) is 0 Å². The molecule has 16 heavy (non-hydrogen) atoms. The summed E-state index contributed by atoms with van der Waals surface area (Å²) in [6.07, 6.45) is 12.2. The van der Waals surface area contributed by atoms with Crippen LogP contribution in [0.25, 0.3) is 6.08 Å². The Kier molecular flexibility index (Phi) is 2.96. The molecule has 0 radical (unpaired) electrons. The number of nitro groups is 1. The van der Waals surface area contributed by atoms with Gasteiger partial charge in [-0.15, -0.1) is 0 Å². The fraction of sp³-hybridized carbons (Fsp3) is 0.0769. The maximum atomic E-state index is 10.4. The zero-order valence-electron chi connectivity index (χ0n) is 8.61. The molecule has 0 aliphatic heterocycles. The van der Waals surface area contributed by atoms with Crippen molar-refractivity contribution in [1.82, 2.24) is 0 Å². The van der Waals surface area contributed by atoms with Crippen LogP contribution in [-0.4, -0.2) is 4.92 Å². The van der Waals surface area contributed by atoms with Crippen LogP contribution in [0.2, 0.25) is 0 Å². The minimum atomic E-state index is -0.393. The van der Waals surface area contributed by atoms with Crippen LogP contribution in [0, 0.1) is 16.0 Å². The first-order valence-electron chi connectivity index (χ1n) is 5.03. The molecule has 0 saturated heterocycles. The summed E-state index contributed by atoms with van der Waals surface area (Å²) in [5, 5.41) is 10.4. The van der Waals surface area contributed by atoms with Crippen molar-refractivity contribution in [2.45, 2.75) is 0 Å². The Labute approximate surface area is 93.6 Å². The monoisotopic (exact) mass is 213 g/mol. The van der Waals surface area contributed by atoms with Gasteiger partial charge in [-0.3, -0.25) is 10.1 Å². The molecule has 2 rings (SSSR count). The molecule has 0 unspecified atom stereocenters. The summed E-state index contributed by atoms with van der Waals surface area (Å²) >= 11 is 0. The number of allylic oxidation sites excluding steroid dienone is 5. The molecule has 0 heterocycles. The zero-order chi connectivity index (χ0) is 11.4. The highest BCUT2D eigenvalue weighted by Crippen LogP contribution is 2.15. The second kappa shape index (κ2) is 4.57. The summed E-state index contributed by atoms with van der Waals surface area (Å²) < 4.78 is 0. The third kappa shape index (κ3) is 2.45. The molecule has 0 amide bonds. The fourth-order valence-electron chi connectivity index (χ4n) is 1.51. The summed E-state index contributed by atoms with van der Waals surface area (Å²) in [6, 6.07) is 6.52. The van der Waals surface area contributed by atoms with E-state index in [0.29, 0.717) is 5.92 Å². The molecule has 3 nitrogen and oxygen atoms in total. The van der Waals surface area contributed by atoms with E-state index in [2.05, 4.69) is 18.2 Å². The quantitative estimate of drug-likeness (QED) is 0.570. The van der Waals surface area contributed by atoms with E-state index in [1.807, 2.05) is 18.2 Å². The van der Waals surface area contributed by atoms with Crippen molar-refractivity contribution in [1.29, 1.82) is 0 Å². The van der Waals surface area contributed by atoms with Gasteiger partial charge >= 0.3 is 0 Å². The van der Waals surface area contributed by atoms with E-state index < -0.39 is 4.92 Å². The Morgan fingerprint density at radius 2 is 1.75 bits per heavy atom. The zero-order valence-corrected chi connectivity index (χ0v) is 8.61. The highest BCUT2D eigenvalue weighted by atomic mass is 16.6. The molecule has 0 fully saturated rings. The molecule has 1 aliphatic carbocycles. The Morgan fingerprint density at radius 1 is 1.12 bits per heavy atom. The Bertz CT molecular complexity index is 457. The third-order valence-electron chi connectivity index (χ3n) is 2.39. The molecule has 0 bridgehead atoms. The van der Waals surface area contributed by atoms with Gasteiger partial charge in [-0.05, 0) is 17.7 Å². The molecule has 0 atom stereocenters. The van der Waals surface area contributed by atoms with E-state index in [-0.39, 0.29) is 5.69 Å². The lowest BCUT2D eigenvalue weighted by molar-refractivity contribution is -0.384. The molecule has 1 aromatic rings. The first-order chi connectivity index (χ1) is 7.75. The summed E-state index contributed by atoms with van der Waals surface area (Å²) in [5.74, 6) is 0.343. The highest BCUT2D eigenvalue weighted by Gasteiger charge is 2.02. The van der Waals surface area contributed by atoms with Crippen LogP contribution in [-0.2, 0) is 0 Å². The second-order valence-corrected chi connectivity index (χ2v) is 3.55. The number of non-ortho nitro benzene ring substituents is 1. The SMILES string of the molecule is O=[N+]([O-])c1ccc(/C=C/C2C=CC=C2)cc1. The molecule has 0 saturated carbocycles. The standard InChI is InChI=1S/C13H11NO2/c15-14(16)13-9-7-12(8-10-13)6-5-11-3-1-2-4-11/h1-11H/b6-5+. The van der Waals surface area contributed by atoms with Gasteiger partial charge in [-0.25, -0.2) is 0 Å². The van der Waals surface area contributed by atoms with Gasteiger partial charge in [0, 0.05) is 18.1 Å². The second-order valence-electron chi connectivity index (χ2n) is 3.55. The van der Waals surface area contributed by atoms with Gasteiger partial charge < -0.3 is 0 Å². The lowest BCUT2D eigenvalue weighted by atomic mass is 10.1. The molecule has 0 aromatic heterocycles. The topological polar surface area (TPSA) is 43.1 Å². The molecular formula is C13H11NO2. The van der Waals surface area contributed by atoms with Crippen molar-refractivity contribution in [3.8, 4) is 0 Å². The predicted molar refractivity (Wildman–Crippen MR) is 63.9 cm³/mol. The summed E-state index contributed by atoms with van der Waals surface area (Å²) in [5.41, 5.74) is 1.09. The minimum Gasteiger partial charge on any atom is -0.258 e. The van der Waals surface area contributed by atoms with Gasteiger partial charge in [0.25, 0.3) is 5.69 Å². The Hall–Kier alpha value is -2.16. The lowest BCUT2D eigenvalue weighted by Crippen LogP contribution is -1.87. The third-order valence-corrected chi connectivity index (χ3v) is 2.39. The van der Waals surface area contributed by atoms with E-state index in [9.17, 15) is 10.1 Å². The van der Waals surface area contributed by atoms with Crippen molar-refractivity contribution in [3.63, 3.8) is 0 Å². The van der Waals surface area contributed by atoms with Gasteiger partial charge in [0.15, 0.2) is 0 Å². The smallest absolute Gasteiger partial charge is 0.258 e. The van der Waals surface area contributed by atoms with Gasteiger partial charge in [0.1, 0.15) is 0 Å². The number of hydrogen-bond acceptors (Lipinski definition) is 2. The van der Waals surface area contributed by atoms with Crippen LogP contribution < -0.4 is 0 Å². The van der Waals surface area contributed by atoms with Crippen molar-refractivity contribution >= 4 is 11.8 Å². The van der Waals surface area contributed by atoms with Crippen LogP contribution in [0.5, 0.6) is 0 Å². The molecule has 0 spiro atoms. The van der Waals surface area contributed by atoms with Crippen LogP contribution in [0.15, 0.2) is 54.6 Å². The predicted octanol–water partition coefficient (Wildman–Crippen LogP) is 3.35. The fourth-order valence-corrected chi connectivity index (χ4v) is 1.51. The average Bonchev–Trinajstić information content (AvgIpc) is 2.80. The first-order valence-corrected chi connectivity index (χ1v) is 5.03. The van der Waals surface area contributed by atoms with Crippen molar-refractivity contribution in [2.24, 2.45) is 5.92 Å². The molecule has 1 aliphatic rings.